The molecule has 0 spiro atoms. The number of aromatic nitrogens is 1. The van der Waals surface area contributed by atoms with Crippen LogP contribution in [0.25, 0.3) is 10.9 Å². The Morgan fingerprint density at radius 2 is 2.04 bits per heavy atom. The number of nitrogens with zero attached hydrogens (tertiary/aromatic N) is 1. The third-order valence-electron chi connectivity index (χ3n) is 5.27. The number of amides is 1. The predicted molar refractivity (Wildman–Crippen MR) is 105 cm³/mol. The van der Waals surface area contributed by atoms with Crippen molar-refractivity contribution in [2.75, 3.05) is 6.54 Å². The molecule has 4 nitrogen and oxygen atoms in total. The number of carbonyl (C=O) groups excluding carboxylic acids is 1. The van der Waals surface area contributed by atoms with Crippen LogP contribution in [0.3, 0.4) is 0 Å². The summed E-state index contributed by atoms with van der Waals surface area (Å²) in [5, 5.41) is 1.46. The van der Waals surface area contributed by atoms with Crippen LogP contribution in [-0.4, -0.2) is 22.3 Å². The van der Waals surface area contributed by atoms with Crippen LogP contribution < -0.4 is 5.73 Å². The lowest BCUT2D eigenvalue weighted by atomic mass is 9.88. The van der Waals surface area contributed by atoms with Crippen molar-refractivity contribution in [1.29, 1.82) is 0 Å². The van der Waals surface area contributed by atoms with Crippen LogP contribution in [0.2, 0.25) is 5.02 Å². The van der Waals surface area contributed by atoms with Gasteiger partial charge in [0.15, 0.2) is 0 Å². The molecule has 0 aliphatic carbocycles. The molecule has 0 bridgehead atoms. The number of primary amides is 1. The SMILES string of the molecule is NC(=O)c1c(Cl)cc2[nH]ccc2c1C1CCCCN1Cc1ccccc1. The largest absolute Gasteiger partial charge is 0.366 e. The number of fused-ring (bicyclic) bond motifs is 1. The molecule has 4 rings (SSSR count). The first-order valence-corrected chi connectivity index (χ1v) is 9.40. The van der Waals surface area contributed by atoms with E-state index in [0.717, 1.165) is 48.8 Å². The van der Waals surface area contributed by atoms with E-state index in [2.05, 4.69) is 34.1 Å². The van der Waals surface area contributed by atoms with Crippen molar-refractivity contribution in [3.05, 3.63) is 70.4 Å². The highest BCUT2D eigenvalue weighted by atomic mass is 35.5. The maximum atomic E-state index is 12.2. The number of aromatic amines is 1. The first-order chi connectivity index (χ1) is 12.6. The van der Waals surface area contributed by atoms with Gasteiger partial charge in [0.2, 0.25) is 0 Å². The van der Waals surface area contributed by atoms with Gasteiger partial charge in [0, 0.05) is 29.7 Å². The molecule has 0 saturated carbocycles. The molecule has 5 heteroatoms. The van der Waals surface area contributed by atoms with Gasteiger partial charge < -0.3 is 10.7 Å². The van der Waals surface area contributed by atoms with Gasteiger partial charge in [-0.2, -0.15) is 0 Å². The van der Waals surface area contributed by atoms with E-state index in [9.17, 15) is 4.79 Å². The molecule has 2 heterocycles. The number of nitrogens with two attached hydrogens (primary N) is 1. The highest BCUT2D eigenvalue weighted by Crippen LogP contribution is 2.40. The summed E-state index contributed by atoms with van der Waals surface area (Å²) >= 11 is 6.45. The molecule has 134 valence electrons. The fourth-order valence-electron chi connectivity index (χ4n) is 4.12. The summed E-state index contributed by atoms with van der Waals surface area (Å²) in [5.41, 5.74) is 9.37. The van der Waals surface area contributed by atoms with Crippen LogP contribution in [0, 0.1) is 0 Å². The summed E-state index contributed by atoms with van der Waals surface area (Å²) in [6.45, 7) is 1.85. The fraction of sp³-hybridized carbons (Fsp3) is 0.286. The summed E-state index contributed by atoms with van der Waals surface area (Å²) in [6.07, 6.45) is 5.17. The Morgan fingerprint density at radius 1 is 1.23 bits per heavy atom. The van der Waals surface area contributed by atoms with Crippen molar-refractivity contribution in [2.45, 2.75) is 31.8 Å². The number of rotatable bonds is 4. The normalized spacial score (nSPS) is 18.3. The molecule has 1 aliphatic rings. The number of hydrogen-bond acceptors (Lipinski definition) is 2. The van der Waals surface area contributed by atoms with Gasteiger partial charge >= 0.3 is 0 Å². The Kier molecular flexibility index (Phi) is 4.70. The number of likely N-dealkylation sites (tertiary alicyclic amines) is 1. The van der Waals surface area contributed by atoms with Crippen LogP contribution in [0.15, 0.2) is 48.7 Å². The Hall–Kier alpha value is -2.30. The topological polar surface area (TPSA) is 62.1 Å². The average molecular weight is 368 g/mol. The van der Waals surface area contributed by atoms with E-state index in [1.807, 2.05) is 18.3 Å². The van der Waals surface area contributed by atoms with Gasteiger partial charge in [0.05, 0.1) is 10.6 Å². The van der Waals surface area contributed by atoms with Gasteiger partial charge in [-0.05, 0) is 42.6 Å². The van der Waals surface area contributed by atoms with Crippen molar-refractivity contribution in [2.24, 2.45) is 5.73 Å². The van der Waals surface area contributed by atoms with E-state index in [1.165, 1.54) is 5.56 Å². The third kappa shape index (κ3) is 3.11. The van der Waals surface area contributed by atoms with Crippen LogP contribution in [0.1, 0.15) is 46.8 Å². The second kappa shape index (κ2) is 7.14. The summed E-state index contributed by atoms with van der Waals surface area (Å²) in [4.78, 5) is 17.9. The second-order valence-electron chi connectivity index (χ2n) is 6.92. The number of piperidine rings is 1. The van der Waals surface area contributed by atoms with Gasteiger partial charge in [-0.25, -0.2) is 0 Å². The first kappa shape index (κ1) is 17.1. The van der Waals surface area contributed by atoms with Crippen molar-refractivity contribution < 1.29 is 4.79 Å². The Balaban J connectivity index is 1.82. The van der Waals surface area contributed by atoms with Crippen molar-refractivity contribution in [3.8, 4) is 0 Å². The van der Waals surface area contributed by atoms with E-state index >= 15 is 0 Å². The van der Waals surface area contributed by atoms with Gasteiger partial charge in [-0.15, -0.1) is 0 Å². The lowest BCUT2D eigenvalue weighted by Gasteiger charge is -2.37. The molecule has 3 N–H and O–H groups in total. The number of carbonyl (C=O) groups is 1. The van der Waals surface area contributed by atoms with E-state index < -0.39 is 5.91 Å². The predicted octanol–water partition coefficient (Wildman–Crippen LogP) is 4.65. The van der Waals surface area contributed by atoms with Crippen LogP contribution in [0.5, 0.6) is 0 Å². The van der Waals surface area contributed by atoms with E-state index in [0.29, 0.717) is 10.6 Å². The number of hydrogen-bond donors (Lipinski definition) is 2. The standard InChI is InChI=1S/C21H22ClN3O/c22-16-12-17-15(9-10-24-17)19(20(16)21(23)26)18-8-4-5-11-25(18)13-14-6-2-1-3-7-14/h1-3,6-7,9-10,12,18,24H,4-5,8,11,13H2,(H2,23,26). The highest BCUT2D eigenvalue weighted by molar-refractivity contribution is 6.35. The van der Waals surface area contributed by atoms with Crippen molar-refractivity contribution in [1.82, 2.24) is 9.88 Å². The van der Waals surface area contributed by atoms with E-state index in [-0.39, 0.29) is 6.04 Å². The van der Waals surface area contributed by atoms with Gasteiger partial charge in [0.25, 0.3) is 5.91 Å². The molecular formula is C21H22ClN3O. The summed E-state index contributed by atoms with van der Waals surface area (Å²) < 4.78 is 0. The zero-order valence-corrected chi connectivity index (χ0v) is 15.3. The molecular weight excluding hydrogens is 346 g/mol. The van der Waals surface area contributed by atoms with Crippen LogP contribution in [-0.2, 0) is 6.54 Å². The lowest BCUT2D eigenvalue weighted by Crippen LogP contribution is -2.34. The molecule has 2 aromatic carbocycles. The Morgan fingerprint density at radius 3 is 2.81 bits per heavy atom. The van der Waals surface area contributed by atoms with Gasteiger partial charge in [0.1, 0.15) is 0 Å². The van der Waals surface area contributed by atoms with Gasteiger partial charge in [-0.3, -0.25) is 9.69 Å². The molecule has 1 amide bonds. The minimum atomic E-state index is -0.460. The zero-order valence-electron chi connectivity index (χ0n) is 14.5. The minimum Gasteiger partial charge on any atom is -0.366 e. The second-order valence-corrected chi connectivity index (χ2v) is 7.33. The zero-order chi connectivity index (χ0) is 18.1. The maximum Gasteiger partial charge on any atom is 0.250 e. The quantitative estimate of drug-likeness (QED) is 0.705. The number of nitrogens with one attached hydrogen (secondary N) is 1. The Bertz CT molecular complexity index is 935. The summed E-state index contributed by atoms with van der Waals surface area (Å²) in [7, 11) is 0. The third-order valence-corrected chi connectivity index (χ3v) is 5.57. The number of halogens is 1. The highest BCUT2D eigenvalue weighted by Gasteiger charge is 2.30. The van der Waals surface area contributed by atoms with Crippen molar-refractivity contribution >= 4 is 28.4 Å². The molecule has 1 fully saturated rings. The fourth-order valence-corrected chi connectivity index (χ4v) is 4.42. The molecule has 3 aromatic rings. The molecule has 1 aromatic heterocycles. The maximum absolute atomic E-state index is 12.2. The Labute approximate surface area is 157 Å². The van der Waals surface area contributed by atoms with E-state index in [1.54, 1.807) is 6.07 Å². The molecule has 1 saturated heterocycles. The van der Waals surface area contributed by atoms with E-state index in [4.69, 9.17) is 17.3 Å². The first-order valence-electron chi connectivity index (χ1n) is 9.02. The summed E-state index contributed by atoms with van der Waals surface area (Å²) in [6, 6.07) is 14.4. The number of H-pyrrole nitrogens is 1. The monoisotopic (exact) mass is 367 g/mol. The smallest absolute Gasteiger partial charge is 0.250 e. The lowest BCUT2D eigenvalue weighted by molar-refractivity contribution is 0.0991. The van der Waals surface area contributed by atoms with Crippen LogP contribution >= 0.6 is 11.6 Å². The number of benzene rings is 2. The van der Waals surface area contributed by atoms with Crippen LogP contribution in [0.4, 0.5) is 0 Å². The molecule has 26 heavy (non-hydrogen) atoms. The average Bonchev–Trinajstić information content (AvgIpc) is 3.10. The molecule has 1 atom stereocenters. The molecule has 0 radical (unpaired) electrons. The van der Waals surface area contributed by atoms with Crippen molar-refractivity contribution in [3.63, 3.8) is 0 Å². The molecule has 1 aliphatic heterocycles. The minimum absolute atomic E-state index is 0.128. The summed E-state index contributed by atoms with van der Waals surface area (Å²) in [5.74, 6) is -0.460. The van der Waals surface area contributed by atoms with Gasteiger partial charge in [-0.1, -0.05) is 48.4 Å². The molecule has 1 unspecified atom stereocenters.